The van der Waals surface area contributed by atoms with E-state index >= 15 is 0 Å². The van der Waals surface area contributed by atoms with Crippen molar-refractivity contribution in [3.05, 3.63) is 103 Å². The summed E-state index contributed by atoms with van der Waals surface area (Å²) in [4.78, 5) is 44.3. The summed E-state index contributed by atoms with van der Waals surface area (Å²) in [5, 5.41) is 0.595. The lowest BCUT2D eigenvalue weighted by Gasteiger charge is -2.30. The number of benzene rings is 3. The lowest BCUT2D eigenvalue weighted by atomic mass is 9.83. The van der Waals surface area contributed by atoms with Crippen LogP contribution in [-0.2, 0) is 16.2 Å². The number of aromatic amines is 1. The Hall–Kier alpha value is -3.53. The zero-order chi connectivity index (χ0) is 26.4. The van der Waals surface area contributed by atoms with Gasteiger partial charge in [0.25, 0.3) is 0 Å². The number of fused-ring (bicyclic) bond motifs is 2. The molecule has 0 bridgehead atoms. The minimum Gasteiger partial charge on any atom is -0.493 e. The molecule has 0 spiro atoms. The first kappa shape index (κ1) is 24.8. The number of carbonyl (C=O) groups excluding carboxylic acids is 2. The summed E-state index contributed by atoms with van der Waals surface area (Å²) in [6, 6.07) is 21.8. The van der Waals surface area contributed by atoms with Crippen molar-refractivity contribution in [1.82, 2.24) is 4.98 Å². The first-order chi connectivity index (χ1) is 18.4. The summed E-state index contributed by atoms with van der Waals surface area (Å²) in [5.41, 5.74) is 2.21. The molecule has 1 saturated heterocycles. The molecule has 38 heavy (non-hydrogen) atoms. The van der Waals surface area contributed by atoms with Crippen molar-refractivity contribution < 1.29 is 19.1 Å². The predicted molar refractivity (Wildman–Crippen MR) is 148 cm³/mol. The summed E-state index contributed by atoms with van der Waals surface area (Å²) in [6.45, 7) is 0.295. The number of amides is 2. The number of ether oxygens (including phenoxy) is 2. The van der Waals surface area contributed by atoms with Crippen LogP contribution < -0.4 is 19.2 Å². The van der Waals surface area contributed by atoms with E-state index in [9.17, 15) is 14.4 Å². The largest absolute Gasteiger partial charge is 0.493 e. The Bertz CT molecular complexity index is 1600. The molecule has 0 unspecified atom stereocenters. The highest BCUT2D eigenvalue weighted by molar-refractivity contribution is 8.00. The topological polar surface area (TPSA) is 88.7 Å². The van der Waals surface area contributed by atoms with Crippen molar-refractivity contribution in [2.45, 2.75) is 22.8 Å². The van der Waals surface area contributed by atoms with E-state index in [2.05, 4.69) is 4.98 Å². The Labute approximate surface area is 231 Å². The van der Waals surface area contributed by atoms with Gasteiger partial charge >= 0.3 is 4.87 Å². The molecule has 1 aromatic heterocycles. The van der Waals surface area contributed by atoms with Crippen LogP contribution in [0.1, 0.15) is 21.9 Å². The summed E-state index contributed by atoms with van der Waals surface area (Å²) >= 11 is 8.41. The van der Waals surface area contributed by atoms with Gasteiger partial charge in [0, 0.05) is 15.8 Å². The number of H-pyrrole nitrogens is 1. The van der Waals surface area contributed by atoms with E-state index in [1.54, 1.807) is 43.5 Å². The average Bonchev–Trinajstić information content (AvgIpc) is 3.42. The fourth-order valence-electron chi connectivity index (χ4n) is 4.99. The molecular formula is C28H21ClN2O5S2. The van der Waals surface area contributed by atoms with Crippen LogP contribution in [0.25, 0.3) is 0 Å². The number of thioether (sulfide) groups is 1. The molecule has 2 aliphatic heterocycles. The number of imide groups is 1. The Morgan fingerprint density at radius 1 is 0.947 bits per heavy atom. The molecule has 0 aliphatic carbocycles. The van der Waals surface area contributed by atoms with Crippen LogP contribution in [0.3, 0.4) is 0 Å². The Morgan fingerprint density at radius 3 is 2.53 bits per heavy atom. The standard InChI is InChI=1S/C28H21ClN2O5S2/c1-35-20-13-16(10-11-19(20)36-14-15-6-5-7-17(29)12-15)21-22-24(37-25-23(21)38-28(34)30-25)27(33)31(26(22)32)18-8-3-2-4-9-18/h2-13,21-22,24H,14H2,1H3,(H,30,34)/t21-,22-,24+/m0/s1. The smallest absolute Gasteiger partial charge is 0.305 e. The van der Waals surface area contributed by atoms with Crippen LogP contribution in [0.15, 0.2) is 82.6 Å². The van der Waals surface area contributed by atoms with Crippen LogP contribution >= 0.6 is 34.7 Å². The number of para-hydroxylation sites is 1. The highest BCUT2D eigenvalue weighted by Crippen LogP contribution is 2.53. The van der Waals surface area contributed by atoms with Gasteiger partial charge in [-0.2, -0.15) is 0 Å². The van der Waals surface area contributed by atoms with Crippen molar-refractivity contribution in [3.8, 4) is 11.5 Å². The van der Waals surface area contributed by atoms with Gasteiger partial charge < -0.3 is 14.5 Å². The van der Waals surface area contributed by atoms with Gasteiger partial charge in [0.1, 0.15) is 11.9 Å². The van der Waals surface area contributed by atoms with Gasteiger partial charge in [-0.15, -0.1) is 0 Å². The third-order valence-electron chi connectivity index (χ3n) is 6.67. The number of aromatic nitrogens is 1. The molecule has 7 nitrogen and oxygen atoms in total. The number of hydrogen-bond donors (Lipinski definition) is 1. The minimum absolute atomic E-state index is 0.222. The third-order valence-corrected chi connectivity index (χ3v) is 9.30. The van der Waals surface area contributed by atoms with Crippen molar-refractivity contribution >= 4 is 52.2 Å². The SMILES string of the molecule is COc1cc([C@@H]2c3sc(=O)[nH]c3S[C@H]3C(=O)N(c4ccccc4)C(=O)[C@@H]23)ccc1OCc1cccc(Cl)c1. The molecule has 3 atom stereocenters. The lowest BCUT2D eigenvalue weighted by molar-refractivity contribution is -0.122. The molecule has 2 aliphatic rings. The molecule has 10 heteroatoms. The van der Waals surface area contributed by atoms with Gasteiger partial charge in [0.05, 0.1) is 23.7 Å². The van der Waals surface area contributed by atoms with E-state index in [1.165, 1.54) is 16.7 Å². The molecule has 192 valence electrons. The number of rotatable bonds is 6. The number of nitrogens with zero attached hydrogens (tertiary/aromatic N) is 1. The van der Waals surface area contributed by atoms with Gasteiger partial charge in [0.15, 0.2) is 11.5 Å². The third kappa shape index (κ3) is 4.30. The average molecular weight is 565 g/mol. The van der Waals surface area contributed by atoms with Crippen molar-refractivity contribution in [3.63, 3.8) is 0 Å². The van der Waals surface area contributed by atoms with Crippen LogP contribution in [0.5, 0.6) is 11.5 Å². The maximum Gasteiger partial charge on any atom is 0.305 e. The van der Waals surface area contributed by atoms with E-state index in [1.807, 2.05) is 36.4 Å². The molecule has 0 radical (unpaired) electrons. The van der Waals surface area contributed by atoms with Crippen LogP contribution in [0.4, 0.5) is 5.69 Å². The number of hydrogen-bond acceptors (Lipinski definition) is 7. The van der Waals surface area contributed by atoms with E-state index < -0.39 is 17.1 Å². The van der Waals surface area contributed by atoms with E-state index in [0.717, 1.165) is 27.3 Å². The summed E-state index contributed by atoms with van der Waals surface area (Å²) in [6.07, 6.45) is 0. The molecule has 3 heterocycles. The molecule has 4 aromatic rings. The summed E-state index contributed by atoms with van der Waals surface area (Å²) in [7, 11) is 1.55. The van der Waals surface area contributed by atoms with Crippen LogP contribution in [0, 0.1) is 5.92 Å². The maximum absolute atomic E-state index is 13.8. The highest BCUT2D eigenvalue weighted by atomic mass is 35.5. The number of nitrogens with one attached hydrogen (secondary N) is 1. The van der Waals surface area contributed by atoms with Crippen molar-refractivity contribution in [2.75, 3.05) is 12.0 Å². The lowest BCUT2D eigenvalue weighted by Crippen LogP contribution is -2.32. The first-order valence-electron chi connectivity index (χ1n) is 11.8. The Balaban J connectivity index is 1.38. The summed E-state index contributed by atoms with van der Waals surface area (Å²) in [5.74, 6) is -0.723. The second-order valence-corrected chi connectivity index (χ2v) is 11.5. The zero-order valence-electron chi connectivity index (χ0n) is 20.1. The van der Waals surface area contributed by atoms with Crippen LogP contribution in [0.2, 0.25) is 5.02 Å². The molecule has 6 rings (SSSR count). The fourth-order valence-corrected chi connectivity index (χ4v) is 7.72. The number of anilines is 1. The fraction of sp³-hybridized carbons (Fsp3) is 0.179. The van der Waals surface area contributed by atoms with Gasteiger partial charge in [0.2, 0.25) is 11.8 Å². The van der Waals surface area contributed by atoms with Crippen molar-refractivity contribution in [1.29, 1.82) is 0 Å². The molecule has 3 aromatic carbocycles. The second kappa shape index (κ2) is 9.98. The number of thiazole rings is 1. The second-order valence-electron chi connectivity index (χ2n) is 8.93. The molecule has 2 amide bonds. The zero-order valence-corrected chi connectivity index (χ0v) is 22.4. The quantitative estimate of drug-likeness (QED) is 0.312. The van der Waals surface area contributed by atoms with E-state index in [4.69, 9.17) is 21.1 Å². The molecule has 1 N–H and O–H groups in total. The van der Waals surface area contributed by atoms with Gasteiger partial charge in [-0.1, -0.05) is 71.1 Å². The Kier molecular flexibility index (Phi) is 6.51. The molecule has 0 saturated carbocycles. The highest BCUT2D eigenvalue weighted by Gasteiger charge is 2.56. The number of carbonyl (C=O) groups is 2. The van der Waals surface area contributed by atoms with Gasteiger partial charge in [-0.05, 0) is 47.5 Å². The minimum atomic E-state index is -0.672. The summed E-state index contributed by atoms with van der Waals surface area (Å²) < 4.78 is 11.7. The number of halogens is 1. The Morgan fingerprint density at radius 2 is 1.76 bits per heavy atom. The van der Waals surface area contributed by atoms with Gasteiger partial charge in [-0.3, -0.25) is 14.4 Å². The van der Waals surface area contributed by atoms with Crippen LogP contribution in [-0.4, -0.2) is 29.2 Å². The normalized spacial score (nSPS) is 20.3. The maximum atomic E-state index is 13.8. The van der Waals surface area contributed by atoms with E-state index in [0.29, 0.717) is 33.8 Å². The van der Waals surface area contributed by atoms with E-state index in [-0.39, 0.29) is 16.7 Å². The molecular weight excluding hydrogens is 544 g/mol. The van der Waals surface area contributed by atoms with Gasteiger partial charge in [-0.25, -0.2) is 4.90 Å². The molecule has 1 fully saturated rings. The first-order valence-corrected chi connectivity index (χ1v) is 13.9. The monoisotopic (exact) mass is 564 g/mol. The van der Waals surface area contributed by atoms with Crippen molar-refractivity contribution in [2.24, 2.45) is 5.92 Å². The number of methoxy groups -OCH3 is 1. The predicted octanol–water partition coefficient (Wildman–Crippen LogP) is 5.47.